The summed E-state index contributed by atoms with van der Waals surface area (Å²) in [5.74, 6) is 0.239. The highest BCUT2D eigenvalue weighted by Gasteiger charge is 2.44. The number of anilines is 1. The number of hydrogen-bond donors (Lipinski definition) is 1. The van der Waals surface area contributed by atoms with Crippen molar-refractivity contribution < 1.29 is 14.5 Å². The number of nitro groups is 1. The van der Waals surface area contributed by atoms with Crippen LogP contribution in [0.4, 0.5) is 11.4 Å². The Morgan fingerprint density at radius 2 is 2.00 bits per heavy atom. The van der Waals surface area contributed by atoms with Gasteiger partial charge in [0.05, 0.1) is 18.1 Å². The molecule has 1 fully saturated rings. The van der Waals surface area contributed by atoms with Crippen molar-refractivity contribution in [3.63, 3.8) is 0 Å². The van der Waals surface area contributed by atoms with Crippen LogP contribution in [0, 0.1) is 16.0 Å². The molecule has 3 rings (SSSR count). The lowest BCUT2D eigenvalue weighted by molar-refractivity contribution is -0.384. The van der Waals surface area contributed by atoms with Crippen LogP contribution in [-0.2, 0) is 4.79 Å². The van der Waals surface area contributed by atoms with Crippen LogP contribution in [0.3, 0.4) is 0 Å². The maximum atomic E-state index is 12.3. The summed E-state index contributed by atoms with van der Waals surface area (Å²) in [4.78, 5) is 22.9. The first-order valence-corrected chi connectivity index (χ1v) is 7.28. The number of carbonyl (C=O) groups is 1. The van der Waals surface area contributed by atoms with E-state index < -0.39 is 4.92 Å². The average molecular weight is 312 g/mol. The molecule has 23 heavy (non-hydrogen) atoms. The summed E-state index contributed by atoms with van der Waals surface area (Å²) in [6, 6.07) is 14.2. The largest absolute Gasteiger partial charge is 0.496 e. The Balaban J connectivity index is 1.73. The molecule has 2 aromatic carbocycles. The van der Waals surface area contributed by atoms with E-state index >= 15 is 0 Å². The average Bonchev–Trinajstić information content (AvgIpc) is 3.36. The van der Waals surface area contributed by atoms with E-state index in [1.54, 1.807) is 6.07 Å². The van der Waals surface area contributed by atoms with Crippen LogP contribution in [-0.4, -0.2) is 17.9 Å². The number of ether oxygens (including phenoxy) is 1. The molecule has 0 heterocycles. The molecule has 1 saturated carbocycles. The lowest BCUT2D eigenvalue weighted by Crippen LogP contribution is -2.15. The minimum absolute atomic E-state index is 0.140. The van der Waals surface area contributed by atoms with Crippen molar-refractivity contribution in [3.05, 3.63) is 64.2 Å². The van der Waals surface area contributed by atoms with Gasteiger partial charge in [0.2, 0.25) is 5.91 Å². The predicted molar refractivity (Wildman–Crippen MR) is 85.6 cm³/mol. The second kappa shape index (κ2) is 6.08. The molecule has 0 saturated heterocycles. The highest BCUT2D eigenvalue weighted by atomic mass is 16.6. The summed E-state index contributed by atoms with van der Waals surface area (Å²) in [6.45, 7) is 0. The summed E-state index contributed by atoms with van der Waals surface area (Å²) in [5.41, 5.74) is 1.14. The molecule has 1 aliphatic carbocycles. The number of nitrogens with one attached hydrogen (secondary N) is 1. The standard InChI is InChI=1S/C17H16N2O4/c1-23-12-7-8-15(16(9-12)19(21)22)18-17(20)14-10-13(14)11-5-3-2-4-6-11/h2-9,13-14H,10H2,1H3,(H,18,20)/t13-,14-/m0/s1. The molecule has 2 aromatic rings. The number of benzene rings is 2. The van der Waals surface area contributed by atoms with Crippen molar-refractivity contribution in [2.45, 2.75) is 12.3 Å². The van der Waals surface area contributed by atoms with Gasteiger partial charge in [-0.3, -0.25) is 14.9 Å². The Kier molecular flexibility index (Phi) is 3.97. The molecule has 1 N–H and O–H groups in total. The van der Waals surface area contributed by atoms with Crippen LogP contribution in [0.1, 0.15) is 17.9 Å². The Morgan fingerprint density at radius 1 is 1.26 bits per heavy atom. The third-order valence-electron chi connectivity index (χ3n) is 4.01. The molecule has 0 spiro atoms. The van der Waals surface area contributed by atoms with Crippen LogP contribution in [0.25, 0.3) is 0 Å². The van der Waals surface area contributed by atoms with Crippen LogP contribution in [0.15, 0.2) is 48.5 Å². The second-order valence-corrected chi connectivity index (χ2v) is 5.49. The maximum absolute atomic E-state index is 12.3. The summed E-state index contributed by atoms with van der Waals surface area (Å²) in [7, 11) is 1.44. The summed E-state index contributed by atoms with van der Waals surface area (Å²) >= 11 is 0. The van der Waals surface area contributed by atoms with Crippen LogP contribution in [0.5, 0.6) is 5.75 Å². The fourth-order valence-electron chi connectivity index (χ4n) is 2.67. The van der Waals surface area contributed by atoms with Gasteiger partial charge in [-0.2, -0.15) is 0 Å². The van der Waals surface area contributed by atoms with Crippen molar-refractivity contribution in [3.8, 4) is 5.75 Å². The fourth-order valence-corrected chi connectivity index (χ4v) is 2.67. The van der Waals surface area contributed by atoms with Gasteiger partial charge in [-0.25, -0.2) is 0 Å². The van der Waals surface area contributed by atoms with Gasteiger partial charge in [0.25, 0.3) is 5.69 Å². The van der Waals surface area contributed by atoms with E-state index in [1.807, 2.05) is 30.3 Å². The Bertz CT molecular complexity index is 746. The van der Waals surface area contributed by atoms with E-state index in [1.165, 1.54) is 19.2 Å². The minimum atomic E-state index is -0.528. The second-order valence-electron chi connectivity index (χ2n) is 5.49. The van der Waals surface area contributed by atoms with E-state index in [2.05, 4.69) is 5.32 Å². The predicted octanol–water partition coefficient (Wildman–Crippen LogP) is 3.35. The Morgan fingerprint density at radius 3 is 2.65 bits per heavy atom. The zero-order valence-electron chi connectivity index (χ0n) is 12.6. The van der Waals surface area contributed by atoms with Crippen LogP contribution >= 0.6 is 0 Å². The van der Waals surface area contributed by atoms with Gasteiger partial charge in [-0.1, -0.05) is 30.3 Å². The third kappa shape index (κ3) is 3.15. The number of nitro benzene ring substituents is 1. The molecule has 0 aliphatic heterocycles. The van der Waals surface area contributed by atoms with E-state index in [0.717, 1.165) is 12.0 Å². The first-order valence-electron chi connectivity index (χ1n) is 7.28. The molecule has 6 heteroatoms. The molecule has 0 unspecified atom stereocenters. The number of methoxy groups -OCH3 is 1. The van der Waals surface area contributed by atoms with Crippen LogP contribution < -0.4 is 10.1 Å². The molecular weight excluding hydrogens is 296 g/mol. The molecule has 0 aromatic heterocycles. The van der Waals surface area contributed by atoms with Crippen molar-refractivity contribution in [1.29, 1.82) is 0 Å². The number of amides is 1. The normalized spacial score (nSPS) is 19.0. The number of nitrogens with zero attached hydrogens (tertiary/aromatic N) is 1. The van der Waals surface area contributed by atoms with Crippen molar-refractivity contribution >= 4 is 17.3 Å². The first-order chi connectivity index (χ1) is 11.1. The maximum Gasteiger partial charge on any atom is 0.296 e. The number of hydrogen-bond acceptors (Lipinski definition) is 4. The highest BCUT2D eigenvalue weighted by molar-refractivity contribution is 5.97. The third-order valence-corrected chi connectivity index (χ3v) is 4.01. The van der Waals surface area contributed by atoms with Gasteiger partial charge in [-0.15, -0.1) is 0 Å². The molecule has 6 nitrogen and oxygen atoms in total. The Labute approximate surface area is 133 Å². The highest BCUT2D eigenvalue weighted by Crippen LogP contribution is 2.48. The Hall–Kier alpha value is -2.89. The zero-order valence-corrected chi connectivity index (χ0v) is 12.6. The van der Waals surface area contributed by atoms with E-state index in [0.29, 0.717) is 5.75 Å². The van der Waals surface area contributed by atoms with Gasteiger partial charge in [-0.05, 0) is 30.0 Å². The van der Waals surface area contributed by atoms with Gasteiger partial charge in [0.15, 0.2) is 0 Å². The molecular formula is C17H16N2O4. The van der Waals surface area contributed by atoms with Crippen molar-refractivity contribution in [2.75, 3.05) is 12.4 Å². The van der Waals surface area contributed by atoms with Crippen LogP contribution in [0.2, 0.25) is 0 Å². The summed E-state index contributed by atoms with van der Waals surface area (Å²) in [5, 5.41) is 13.8. The lowest BCUT2D eigenvalue weighted by Gasteiger charge is -2.07. The van der Waals surface area contributed by atoms with Gasteiger partial charge >= 0.3 is 0 Å². The quantitative estimate of drug-likeness (QED) is 0.678. The first kappa shape index (κ1) is 15.0. The van der Waals surface area contributed by atoms with E-state index in [4.69, 9.17) is 4.74 Å². The molecule has 2 atom stereocenters. The molecule has 1 aliphatic rings. The number of rotatable bonds is 5. The lowest BCUT2D eigenvalue weighted by atomic mass is 10.1. The minimum Gasteiger partial charge on any atom is -0.496 e. The van der Waals surface area contributed by atoms with E-state index in [-0.39, 0.29) is 29.1 Å². The van der Waals surface area contributed by atoms with Gasteiger partial charge < -0.3 is 10.1 Å². The number of carbonyl (C=O) groups excluding carboxylic acids is 1. The van der Waals surface area contributed by atoms with E-state index in [9.17, 15) is 14.9 Å². The smallest absolute Gasteiger partial charge is 0.296 e. The monoisotopic (exact) mass is 312 g/mol. The SMILES string of the molecule is COc1ccc(NC(=O)[C@H]2C[C@H]2c2ccccc2)c([N+](=O)[O-])c1. The van der Waals surface area contributed by atoms with Crippen molar-refractivity contribution in [2.24, 2.45) is 5.92 Å². The fraction of sp³-hybridized carbons (Fsp3) is 0.235. The van der Waals surface area contributed by atoms with Gasteiger partial charge in [0, 0.05) is 5.92 Å². The molecule has 0 bridgehead atoms. The zero-order chi connectivity index (χ0) is 16.4. The molecule has 0 radical (unpaired) electrons. The molecule has 118 valence electrons. The summed E-state index contributed by atoms with van der Waals surface area (Å²) in [6.07, 6.45) is 0.764. The molecule has 1 amide bonds. The van der Waals surface area contributed by atoms with Crippen molar-refractivity contribution in [1.82, 2.24) is 0 Å². The summed E-state index contributed by atoms with van der Waals surface area (Å²) < 4.78 is 4.98. The topological polar surface area (TPSA) is 81.5 Å². The van der Waals surface area contributed by atoms with Gasteiger partial charge in [0.1, 0.15) is 11.4 Å².